The number of hydrogen-bond acceptors (Lipinski definition) is 2. The third-order valence-electron chi connectivity index (χ3n) is 4.22. The SMILES string of the molecule is CCc1ccc(CNc2cc(-c3ccccc3)ccc2OC)cc1. The molecule has 0 unspecified atom stereocenters. The molecule has 24 heavy (non-hydrogen) atoms. The first-order valence-electron chi connectivity index (χ1n) is 8.35. The van der Waals surface area contributed by atoms with Gasteiger partial charge in [-0.3, -0.25) is 0 Å². The number of ether oxygens (including phenoxy) is 1. The lowest BCUT2D eigenvalue weighted by molar-refractivity contribution is 0.416. The molecule has 0 radical (unpaired) electrons. The number of aryl methyl sites for hydroxylation is 1. The van der Waals surface area contributed by atoms with Crippen molar-refractivity contribution in [3.8, 4) is 16.9 Å². The Morgan fingerprint density at radius 3 is 2.17 bits per heavy atom. The fraction of sp³-hybridized carbons (Fsp3) is 0.182. The summed E-state index contributed by atoms with van der Waals surface area (Å²) in [5, 5.41) is 3.50. The van der Waals surface area contributed by atoms with Crippen molar-refractivity contribution in [1.29, 1.82) is 0 Å². The van der Waals surface area contributed by atoms with Crippen LogP contribution < -0.4 is 10.1 Å². The highest BCUT2D eigenvalue weighted by Crippen LogP contribution is 2.30. The molecule has 0 aromatic heterocycles. The standard InChI is InChI=1S/C22H23NO/c1-3-17-9-11-18(12-10-17)16-23-21-15-20(13-14-22(21)24-2)19-7-5-4-6-8-19/h4-15,23H,3,16H2,1-2H3. The van der Waals surface area contributed by atoms with Gasteiger partial charge < -0.3 is 10.1 Å². The van der Waals surface area contributed by atoms with E-state index in [0.717, 1.165) is 24.4 Å². The van der Waals surface area contributed by atoms with Crippen LogP contribution in [0.3, 0.4) is 0 Å². The molecule has 0 saturated carbocycles. The van der Waals surface area contributed by atoms with Crippen molar-refractivity contribution < 1.29 is 4.74 Å². The molecular weight excluding hydrogens is 294 g/mol. The Morgan fingerprint density at radius 2 is 1.50 bits per heavy atom. The smallest absolute Gasteiger partial charge is 0.141 e. The lowest BCUT2D eigenvalue weighted by atomic mass is 10.0. The van der Waals surface area contributed by atoms with Gasteiger partial charge in [0.2, 0.25) is 0 Å². The van der Waals surface area contributed by atoms with E-state index in [4.69, 9.17) is 4.74 Å². The number of rotatable bonds is 6. The molecule has 0 fully saturated rings. The van der Waals surface area contributed by atoms with E-state index >= 15 is 0 Å². The second-order valence-corrected chi connectivity index (χ2v) is 5.80. The predicted molar refractivity (Wildman–Crippen MR) is 102 cm³/mol. The summed E-state index contributed by atoms with van der Waals surface area (Å²) >= 11 is 0. The first kappa shape index (κ1) is 16.1. The van der Waals surface area contributed by atoms with Crippen molar-refractivity contribution in [1.82, 2.24) is 0 Å². The van der Waals surface area contributed by atoms with Crippen LogP contribution in [0.1, 0.15) is 18.1 Å². The van der Waals surface area contributed by atoms with Crippen LogP contribution in [0.25, 0.3) is 11.1 Å². The summed E-state index contributed by atoms with van der Waals surface area (Å²) in [6.45, 7) is 2.95. The molecular formula is C22H23NO. The monoisotopic (exact) mass is 317 g/mol. The zero-order valence-electron chi connectivity index (χ0n) is 14.3. The van der Waals surface area contributed by atoms with Crippen LogP contribution in [0, 0.1) is 0 Å². The molecule has 0 saturated heterocycles. The number of nitrogens with one attached hydrogen (secondary N) is 1. The van der Waals surface area contributed by atoms with Crippen LogP contribution >= 0.6 is 0 Å². The fourth-order valence-electron chi connectivity index (χ4n) is 2.75. The van der Waals surface area contributed by atoms with Gasteiger partial charge in [-0.25, -0.2) is 0 Å². The van der Waals surface area contributed by atoms with Gasteiger partial charge in [0.25, 0.3) is 0 Å². The van der Waals surface area contributed by atoms with Gasteiger partial charge in [0.05, 0.1) is 12.8 Å². The van der Waals surface area contributed by atoms with Crippen molar-refractivity contribution in [2.75, 3.05) is 12.4 Å². The van der Waals surface area contributed by atoms with Gasteiger partial charge in [-0.15, -0.1) is 0 Å². The molecule has 2 nitrogen and oxygen atoms in total. The summed E-state index contributed by atoms with van der Waals surface area (Å²) in [5.74, 6) is 0.861. The Hall–Kier alpha value is -2.74. The Bertz CT molecular complexity index is 779. The van der Waals surface area contributed by atoms with Crippen LogP contribution in [0.4, 0.5) is 5.69 Å². The van der Waals surface area contributed by atoms with E-state index in [9.17, 15) is 0 Å². The molecule has 0 spiro atoms. The van der Waals surface area contributed by atoms with Crippen LogP contribution in [0.5, 0.6) is 5.75 Å². The molecule has 3 aromatic carbocycles. The minimum atomic E-state index is 0.776. The average Bonchev–Trinajstić information content (AvgIpc) is 2.67. The topological polar surface area (TPSA) is 21.3 Å². The Kier molecular flexibility index (Phi) is 5.17. The molecule has 1 N–H and O–H groups in total. The van der Waals surface area contributed by atoms with E-state index in [1.165, 1.54) is 22.3 Å². The summed E-state index contributed by atoms with van der Waals surface area (Å²) < 4.78 is 5.50. The maximum absolute atomic E-state index is 5.50. The summed E-state index contributed by atoms with van der Waals surface area (Å²) in [6, 6.07) is 25.4. The molecule has 0 aliphatic carbocycles. The largest absolute Gasteiger partial charge is 0.495 e. The maximum Gasteiger partial charge on any atom is 0.141 e. The van der Waals surface area contributed by atoms with Gasteiger partial charge in [-0.05, 0) is 40.8 Å². The number of hydrogen-bond donors (Lipinski definition) is 1. The van der Waals surface area contributed by atoms with Crippen molar-refractivity contribution >= 4 is 5.69 Å². The molecule has 0 aliphatic heterocycles. The van der Waals surface area contributed by atoms with E-state index in [1.54, 1.807) is 7.11 Å². The fourth-order valence-corrected chi connectivity index (χ4v) is 2.75. The highest BCUT2D eigenvalue weighted by Gasteiger charge is 2.06. The first-order chi connectivity index (χ1) is 11.8. The third-order valence-corrected chi connectivity index (χ3v) is 4.22. The Balaban J connectivity index is 1.80. The highest BCUT2D eigenvalue weighted by molar-refractivity contribution is 5.72. The van der Waals surface area contributed by atoms with E-state index in [1.807, 2.05) is 12.1 Å². The zero-order valence-corrected chi connectivity index (χ0v) is 14.3. The van der Waals surface area contributed by atoms with Gasteiger partial charge in [0, 0.05) is 6.54 Å². The minimum absolute atomic E-state index is 0.776. The van der Waals surface area contributed by atoms with Crippen LogP contribution in [0.15, 0.2) is 72.8 Å². The average molecular weight is 317 g/mol. The zero-order chi connectivity index (χ0) is 16.8. The van der Waals surface area contributed by atoms with Crippen LogP contribution in [-0.4, -0.2) is 7.11 Å². The molecule has 0 heterocycles. The second kappa shape index (κ2) is 7.69. The minimum Gasteiger partial charge on any atom is -0.495 e. The van der Waals surface area contributed by atoms with E-state index < -0.39 is 0 Å². The molecule has 3 rings (SSSR count). The summed E-state index contributed by atoms with van der Waals surface area (Å²) in [4.78, 5) is 0. The molecule has 0 amide bonds. The third kappa shape index (κ3) is 3.77. The van der Waals surface area contributed by atoms with Gasteiger partial charge in [0.15, 0.2) is 0 Å². The summed E-state index contributed by atoms with van der Waals surface area (Å²) in [5.41, 5.74) is 6.02. The first-order valence-corrected chi connectivity index (χ1v) is 8.35. The van der Waals surface area contributed by atoms with Gasteiger partial charge in [-0.1, -0.05) is 67.6 Å². The Morgan fingerprint density at radius 1 is 0.792 bits per heavy atom. The van der Waals surface area contributed by atoms with Crippen LogP contribution in [0.2, 0.25) is 0 Å². The normalized spacial score (nSPS) is 10.4. The highest BCUT2D eigenvalue weighted by atomic mass is 16.5. The van der Waals surface area contributed by atoms with Gasteiger partial charge >= 0.3 is 0 Å². The number of anilines is 1. The number of benzene rings is 3. The molecule has 0 atom stereocenters. The van der Waals surface area contributed by atoms with Gasteiger partial charge in [0.1, 0.15) is 5.75 Å². The van der Waals surface area contributed by atoms with Crippen molar-refractivity contribution in [3.63, 3.8) is 0 Å². The molecule has 0 aliphatic rings. The van der Waals surface area contributed by atoms with Crippen molar-refractivity contribution in [2.24, 2.45) is 0 Å². The summed E-state index contributed by atoms with van der Waals surface area (Å²) in [6.07, 6.45) is 1.07. The van der Waals surface area contributed by atoms with Crippen LogP contribution in [-0.2, 0) is 13.0 Å². The molecule has 2 heteroatoms. The lowest BCUT2D eigenvalue weighted by Gasteiger charge is -2.13. The van der Waals surface area contributed by atoms with E-state index in [0.29, 0.717) is 0 Å². The molecule has 3 aromatic rings. The lowest BCUT2D eigenvalue weighted by Crippen LogP contribution is -2.02. The summed E-state index contributed by atoms with van der Waals surface area (Å²) in [7, 11) is 1.71. The Labute approximate surface area is 144 Å². The van der Waals surface area contributed by atoms with Crippen molar-refractivity contribution in [2.45, 2.75) is 19.9 Å². The van der Waals surface area contributed by atoms with E-state index in [-0.39, 0.29) is 0 Å². The number of methoxy groups -OCH3 is 1. The van der Waals surface area contributed by atoms with Gasteiger partial charge in [-0.2, -0.15) is 0 Å². The van der Waals surface area contributed by atoms with Crippen molar-refractivity contribution in [3.05, 3.63) is 83.9 Å². The predicted octanol–water partition coefficient (Wildman–Crippen LogP) is 5.54. The quantitative estimate of drug-likeness (QED) is 0.645. The second-order valence-electron chi connectivity index (χ2n) is 5.80. The van der Waals surface area contributed by atoms with E-state index in [2.05, 4.69) is 72.9 Å². The maximum atomic E-state index is 5.50. The molecule has 0 bridgehead atoms. The molecule has 122 valence electrons.